The molecule has 0 fully saturated rings. The maximum Gasteiger partial charge on any atom is 0.196 e. The molecule has 0 amide bonds. The van der Waals surface area contributed by atoms with Crippen LogP contribution in [0.15, 0.2) is 33.7 Å². The largest absolute Gasteiger partial charge is 0.379 e. The number of nitrogens with two attached hydrogens (primary N) is 1. The van der Waals surface area contributed by atoms with Gasteiger partial charge >= 0.3 is 0 Å². The number of halogens is 1. The van der Waals surface area contributed by atoms with E-state index in [0.717, 1.165) is 16.6 Å². The Morgan fingerprint density at radius 1 is 1.50 bits per heavy atom. The van der Waals surface area contributed by atoms with Crippen molar-refractivity contribution in [3.8, 4) is 0 Å². The van der Waals surface area contributed by atoms with E-state index in [1.807, 2.05) is 12.1 Å². The highest BCUT2D eigenvalue weighted by atomic mass is 79.9. The molecule has 1 heterocycles. The molecule has 20 heavy (non-hydrogen) atoms. The van der Waals surface area contributed by atoms with Gasteiger partial charge in [-0.15, -0.1) is 0 Å². The van der Waals surface area contributed by atoms with E-state index in [4.69, 9.17) is 10.5 Å². The smallest absolute Gasteiger partial charge is 0.196 e. The minimum absolute atomic E-state index is 0.176. The topological polar surface area (TPSA) is 50.9 Å². The van der Waals surface area contributed by atoms with Crippen LogP contribution in [0.25, 0.3) is 0 Å². The molecule has 0 spiro atoms. The van der Waals surface area contributed by atoms with Crippen molar-refractivity contribution in [3.63, 3.8) is 0 Å². The van der Waals surface area contributed by atoms with E-state index in [-0.39, 0.29) is 11.1 Å². The van der Waals surface area contributed by atoms with Gasteiger partial charge in [0.2, 0.25) is 0 Å². The van der Waals surface area contributed by atoms with Crippen LogP contribution in [0.4, 0.5) is 5.69 Å². The highest BCUT2D eigenvalue weighted by molar-refractivity contribution is 9.10. The lowest BCUT2D eigenvalue weighted by Gasteiger charge is -2.41. The fourth-order valence-electron chi connectivity index (χ4n) is 2.85. The van der Waals surface area contributed by atoms with Crippen LogP contribution in [0.3, 0.4) is 0 Å². The monoisotopic (exact) mass is 339 g/mol. The third-order valence-corrected chi connectivity index (χ3v) is 4.27. The number of nitrogens with zero attached hydrogens (tertiary/aromatic N) is 2. The van der Waals surface area contributed by atoms with Crippen molar-refractivity contribution in [2.24, 2.45) is 10.7 Å². The Labute approximate surface area is 129 Å². The fraction of sp³-hybridized carbons (Fsp3) is 0.533. The van der Waals surface area contributed by atoms with Gasteiger partial charge in [0, 0.05) is 23.7 Å². The van der Waals surface area contributed by atoms with E-state index in [1.54, 1.807) is 7.11 Å². The summed E-state index contributed by atoms with van der Waals surface area (Å²) in [4.78, 5) is 6.55. The SMILES string of the molecule is COC(C)(C)CC1(C)CN=C(N)N1c1cccc(Br)c1. The zero-order valence-electron chi connectivity index (χ0n) is 12.5. The minimum atomic E-state index is -0.223. The normalized spacial score (nSPS) is 23.1. The van der Waals surface area contributed by atoms with Crippen molar-refractivity contribution in [3.05, 3.63) is 28.7 Å². The van der Waals surface area contributed by atoms with Crippen LogP contribution >= 0.6 is 15.9 Å². The third kappa shape index (κ3) is 2.99. The molecule has 2 N–H and O–H groups in total. The Balaban J connectivity index is 2.35. The van der Waals surface area contributed by atoms with Crippen molar-refractivity contribution in [1.29, 1.82) is 0 Å². The molecule has 1 aromatic rings. The summed E-state index contributed by atoms with van der Waals surface area (Å²) in [5.41, 5.74) is 6.77. The Morgan fingerprint density at radius 3 is 2.80 bits per heavy atom. The van der Waals surface area contributed by atoms with Gasteiger partial charge in [-0.05, 0) is 39.0 Å². The maximum atomic E-state index is 6.12. The van der Waals surface area contributed by atoms with Crippen molar-refractivity contribution in [1.82, 2.24) is 0 Å². The minimum Gasteiger partial charge on any atom is -0.379 e. The second-order valence-electron chi connectivity index (χ2n) is 6.13. The number of hydrogen-bond donors (Lipinski definition) is 1. The highest BCUT2D eigenvalue weighted by Crippen LogP contribution is 2.36. The molecule has 1 unspecified atom stereocenters. The van der Waals surface area contributed by atoms with E-state index in [2.05, 4.69) is 58.7 Å². The van der Waals surface area contributed by atoms with Gasteiger partial charge in [-0.1, -0.05) is 22.0 Å². The summed E-state index contributed by atoms with van der Waals surface area (Å²) in [7, 11) is 1.74. The molecule has 1 aliphatic rings. The molecular formula is C15H22BrN3O. The maximum absolute atomic E-state index is 6.12. The molecule has 110 valence electrons. The van der Waals surface area contributed by atoms with E-state index < -0.39 is 0 Å². The molecule has 5 heteroatoms. The van der Waals surface area contributed by atoms with Gasteiger partial charge in [0.1, 0.15) is 0 Å². The first-order chi connectivity index (χ1) is 9.27. The van der Waals surface area contributed by atoms with Crippen molar-refractivity contribution in [2.45, 2.75) is 38.3 Å². The lowest BCUT2D eigenvalue weighted by Crippen LogP contribution is -2.53. The first kappa shape index (κ1) is 15.3. The molecule has 2 rings (SSSR count). The van der Waals surface area contributed by atoms with Crippen molar-refractivity contribution < 1.29 is 4.74 Å². The van der Waals surface area contributed by atoms with Gasteiger partial charge in [0.05, 0.1) is 17.7 Å². The number of ether oxygens (including phenoxy) is 1. The fourth-order valence-corrected chi connectivity index (χ4v) is 3.24. The summed E-state index contributed by atoms with van der Waals surface area (Å²) in [6.07, 6.45) is 0.840. The molecule has 0 aliphatic carbocycles. The number of aliphatic imine (C=N–C) groups is 1. The van der Waals surface area contributed by atoms with Gasteiger partial charge < -0.3 is 15.4 Å². The van der Waals surface area contributed by atoms with Crippen LogP contribution < -0.4 is 10.6 Å². The number of guanidine groups is 1. The summed E-state index contributed by atoms with van der Waals surface area (Å²) >= 11 is 3.51. The van der Waals surface area contributed by atoms with E-state index in [0.29, 0.717) is 12.5 Å². The lowest BCUT2D eigenvalue weighted by atomic mass is 9.86. The zero-order valence-corrected chi connectivity index (χ0v) is 14.1. The van der Waals surface area contributed by atoms with E-state index >= 15 is 0 Å². The van der Waals surface area contributed by atoms with Gasteiger partial charge in [0.15, 0.2) is 5.96 Å². The van der Waals surface area contributed by atoms with Crippen LogP contribution in [0.2, 0.25) is 0 Å². The Hall–Kier alpha value is -1.07. The molecule has 1 atom stereocenters. The summed E-state index contributed by atoms with van der Waals surface area (Å²) in [5, 5.41) is 0. The average molecular weight is 340 g/mol. The predicted molar refractivity (Wildman–Crippen MR) is 87.2 cm³/mol. The number of methoxy groups -OCH3 is 1. The van der Waals surface area contributed by atoms with E-state index in [1.165, 1.54) is 0 Å². The molecular weight excluding hydrogens is 318 g/mol. The second-order valence-corrected chi connectivity index (χ2v) is 7.04. The molecule has 0 aromatic heterocycles. The average Bonchev–Trinajstić information content (AvgIpc) is 2.64. The molecule has 0 bridgehead atoms. The van der Waals surface area contributed by atoms with Crippen LogP contribution in [-0.4, -0.2) is 30.8 Å². The van der Waals surface area contributed by atoms with Gasteiger partial charge in [-0.2, -0.15) is 0 Å². The van der Waals surface area contributed by atoms with Gasteiger partial charge in [-0.25, -0.2) is 0 Å². The summed E-state index contributed by atoms with van der Waals surface area (Å²) in [5.74, 6) is 0.567. The van der Waals surface area contributed by atoms with Crippen LogP contribution in [0, 0.1) is 0 Å². The second kappa shape index (κ2) is 5.37. The van der Waals surface area contributed by atoms with Gasteiger partial charge in [-0.3, -0.25) is 4.99 Å². The number of rotatable bonds is 4. The molecule has 1 aromatic carbocycles. The summed E-state index contributed by atoms with van der Waals surface area (Å²) < 4.78 is 6.61. The third-order valence-electron chi connectivity index (χ3n) is 3.78. The standard InChI is InChI=1S/C15H22BrN3O/c1-14(2,20-4)9-15(3)10-18-13(17)19(15)12-7-5-6-11(16)8-12/h5-8H,9-10H2,1-4H3,(H2,17,18). The molecule has 0 saturated heterocycles. The quantitative estimate of drug-likeness (QED) is 0.916. The van der Waals surface area contributed by atoms with Crippen LogP contribution in [-0.2, 0) is 4.74 Å². The molecule has 0 radical (unpaired) electrons. The zero-order chi connectivity index (χ0) is 15.0. The molecule has 1 aliphatic heterocycles. The number of hydrogen-bond acceptors (Lipinski definition) is 4. The Kier molecular flexibility index (Phi) is 4.12. The van der Waals surface area contributed by atoms with Crippen LogP contribution in [0.5, 0.6) is 0 Å². The summed E-state index contributed by atoms with van der Waals surface area (Å²) in [6.45, 7) is 7.04. The summed E-state index contributed by atoms with van der Waals surface area (Å²) in [6, 6.07) is 8.12. The van der Waals surface area contributed by atoms with Crippen molar-refractivity contribution in [2.75, 3.05) is 18.6 Å². The van der Waals surface area contributed by atoms with Gasteiger partial charge in [0.25, 0.3) is 0 Å². The van der Waals surface area contributed by atoms with Crippen LogP contribution in [0.1, 0.15) is 27.2 Å². The predicted octanol–water partition coefficient (Wildman–Crippen LogP) is 3.16. The first-order valence-corrected chi connectivity index (χ1v) is 7.48. The van der Waals surface area contributed by atoms with E-state index in [9.17, 15) is 0 Å². The number of anilines is 1. The Bertz CT molecular complexity index is 530. The number of benzene rings is 1. The molecule has 4 nitrogen and oxygen atoms in total. The lowest BCUT2D eigenvalue weighted by molar-refractivity contribution is 0.00151. The first-order valence-electron chi connectivity index (χ1n) is 6.68. The molecule has 0 saturated carbocycles. The highest BCUT2D eigenvalue weighted by Gasteiger charge is 2.43. The van der Waals surface area contributed by atoms with Crippen molar-refractivity contribution >= 4 is 27.6 Å². The Morgan fingerprint density at radius 2 is 2.20 bits per heavy atom.